The molecule has 0 bridgehead atoms. The monoisotopic (exact) mass is 386 g/mol. The number of quaternary nitrogens is 1. The van der Waals surface area contributed by atoms with Crippen molar-refractivity contribution >= 4 is 5.97 Å². The van der Waals surface area contributed by atoms with Gasteiger partial charge in [0.15, 0.2) is 0 Å². The van der Waals surface area contributed by atoms with Gasteiger partial charge in [-0.3, -0.25) is 4.79 Å². The summed E-state index contributed by atoms with van der Waals surface area (Å²) in [5, 5.41) is 8.79. The Hall–Kier alpha value is -0.610. The van der Waals surface area contributed by atoms with E-state index in [0.717, 1.165) is 30.4 Å². The summed E-state index contributed by atoms with van der Waals surface area (Å²) >= 11 is 0. The lowest BCUT2D eigenvalue weighted by Crippen LogP contribution is -2.46. The van der Waals surface area contributed by atoms with Crippen LogP contribution in [0.25, 0.3) is 0 Å². The molecular formula is C23H48NO3+. The third kappa shape index (κ3) is 18.5. The molecular weight excluding hydrogens is 338 g/mol. The first-order valence-electron chi connectivity index (χ1n) is 11.5. The highest BCUT2D eigenvalue weighted by Gasteiger charge is 2.21. The Kier molecular flexibility index (Phi) is 17.1. The summed E-state index contributed by atoms with van der Waals surface area (Å²) in [6.45, 7) is 4.13. The second-order valence-corrected chi connectivity index (χ2v) is 8.87. The first kappa shape index (κ1) is 26.4. The van der Waals surface area contributed by atoms with Gasteiger partial charge in [-0.15, -0.1) is 0 Å². The molecule has 0 saturated heterocycles. The van der Waals surface area contributed by atoms with E-state index in [-0.39, 0.29) is 12.5 Å². The third-order valence-electron chi connectivity index (χ3n) is 5.56. The van der Waals surface area contributed by atoms with Crippen molar-refractivity contribution in [2.24, 2.45) is 0 Å². The molecule has 1 atom stereocenters. The number of ether oxygens (including phenoxy) is 1. The SMILES string of the molecule is CCCCCCCCCCCCCCC(C[N+](C)(C)CCCC(=O)O)OC. The van der Waals surface area contributed by atoms with Crippen LogP contribution >= 0.6 is 0 Å². The molecule has 0 aromatic rings. The summed E-state index contributed by atoms with van der Waals surface area (Å²) in [7, 11) is 6.16. The van der Waals surface area contributed by atoms with E-state index in [0.29, 0.717) is 0 Å². The molecule has 0 spiro atoms. The van der Waals surface area contributed by atoms with E-state index < -0.39 is 5.97 Å². The summed E-state index contributed by atoms with van der Waals surface area (Å²) < 4.78 is 6.52. The van der Waals surface area contributed by atoms with E-state index >= 15 is 0 Å². The molecule has 0 aliphatic heterocycles. The van der Waals surface area contributed by atoms with Crippen LogP contribution in [0.5, 0.6) is 0 Å². The van der Waals surface area contributed by atoms with Crippen LogP contribution in [0.15, 0.2) is 0 Å². The van der Waals surface area contributed by atoms with E-state index in [1.54, 1.807) is 0 Å². The molecule has 0 fully saturated rings. The van der Waals surface area contributed by atoms with Gasteiger partial charge in [-0.1, -0.05) is 84.0 Å². The zero-order chi connectivity index (χ0) is 20.4. The van der Waals surface area contributed by atoms with Crippen molar-refractivity contribution in [2.45, 2.75) is 109 Å². The fourth-order valence-electron chi connectivity index (χ4n) is 3.80. The largest absolute Gasteiger partial charge is 0.481 e. The Morgan fingerprint density at radius 2 is 1.33 bits per heavy atom. The first-order valence-corrected chi connectivity index (χ1v) is 11.5. The Bertz CT molecular complexity index is 345. The average Bonchev–Trinajstić information content (AvgIpc) is 2.61. The molecule has 1 unspecified atom stereocenters. The van der Waals surface area contributed by atoms with Gasteiger partial charge in [0.1, 0.15) is 12.6 Å². The van der Waals surface area contributed by atoms with Crippen molar-refractivity contribution in [3.05, 3.63) is 0 Å². The number of likely N-dealkylation sites (N-methyl/N-ethyl adjacent to an activating group) is 1. The van der Waals surface area contributed by atoms with Gasteiger partial charge in [-0.2, -0.15) is 0 Å². The Morgan fingerprint density at radius 3 is 1.78 bits per heavy atom. The van der Waals surface area contributed by atoms with Crippen LogP contribution in [-0.4, -0.2) is 56.0 Å². The van der Waals surface area contributed by atoms with Gasteiger partial charge in [0.25, 0.3) is 0 Å². The minimum Gasteiger partial charge on any atom is -0.481 e. The van der Waals surface area contributed by atoms with Gasteiger partial charge in [0.2, 0.25) is 0 Å². The van der Waals surface area contributed by atoms with Crippen molar-refractivity contribution in [2.75, 3.05) is 34.3 Å². The van der Waals surface area contributed by atoms with Crippen LogP contribution in [0.2, 0.25) is 0 Å². The van der Waals surface area contributed by atoms with Crippen molar-refractivity contribution < 1.29 is 19.1 Å². The molecule has 0 aliphatic carbocycles. The number of carbonyl (C=O) groups is 1. The topological polar surface area (TPSA) is 46.5 Å². The molecule has 27 heavy (non-hydrogen) atoms. The van der Waals surface area contributed by atoms with Crippen molar-refractivity contribution in [1.29, 1.82) is 0 Å². The third-order valence-corrected chi connectivity index (χ3v) is 5.56. The van der Waals surface area contributed by atoms with Gasteiger partial charge >= 0.3 is 5.97 Å². The van der Waals surface area contributed by atoms with Crippen LogP contribution in [0.4, 0.5) is 0 Å². The molecule has 0 heterocycles. The number of aliphatic carboxylic acids is 1. The molecule has 4 nitrogen and oxygen atoms in total. The molecule has 0 amide bonds. The smallest absolute Gasteiger partial charge is 0.303 e. The Balaban J connectivity index is 3.60. The molecule has 0 rings (SSSR count). The molecule has 1 N–H and O–H groups in total. The van der Waals surface area contributed by atoms with E-state index in [4.69, 9.17) is 9.84 Å². The summed E-state index contributed by atoms with van der Waals surface area (Å²) in [6.07, 6.45) is 18.9. The number of hydrogen-bond donors (Lipinski definition) is 1. The van der Waals surface area contributed by atoms with E-state index in [9.17, 15) is 4.79 Å². The quantitative estimate of drug-likeness (QED) is 0.205. The molecule has 0 radical (unpaired) electrons. The van der Waals surface area contributed by atoms with Crippen LogP contribution < -0.4 is 0 Å². The van der Waals surface area contributed by atoms with Crippen molar-refractivity contribution in [3.63, 3.8) is 0 Å². The maximum Gasteiger partial charge on any atom is 0.303 e. The zero-order valence-electron chi connectivity index (χ0n) is 18.8. The molecule has 0 aliphatic rings. The fourth-order valence-corrected chi connectivity index (χ4v) is 3.80. The molecule has 0 saturated carbocycles. The molecule has 162 valence electrons. The van der Waals surface area contributed by atoms with E-state index in [2.05, 4.69) is 21.0 Å². The van der Waals surface area contributed by atoms with Gasteiger partial charge in [-0.05, 0) is 6.42 Å². The van der Waals surface area contributed by atoms with Crippen LogP contribution in [-0.2, 0) is 9.53 Å². The maximum atomic E-state index is 10.7. The highest BCUT2D eigenvalue weighted by atomic mass is 16.5. The number of carboxylic acids is 1. The maximum absolute atomic E-state index is 10.7. The number of rotatable bonds is 20. The number of unbranched alkanes of at least 4 members (excludes halogenated alkanes) is 11. The fraction of sp³-hybridized carbons (Fsp3) is 0.957. The Morgan fingerprint density at radius 1 is 0.852 bits per heavy atom. The molecule has 0 aromatic carbocycles. The molecule has 4 heteroatoms. The zero-order valence-corrected chi connectivity index (χ0v) is 18.8. The number of carboxylic acid groups (broad SMARTS) is 1. The predicted octanol–water partition coefficient (Wildman–Crippen LogP) is 6.03. The van der Waals surface area contributed by atoms with Crippen molar-refractivity contribution in [1.82, 2.24) is 0 Å². The minimum atomic E-state index is -0.699. The van der Waals surface area contributed by atoms with Gasteiger partial charge < -0.3 is 14.3 Å². The predicted molar refractivity (Wildman–Crippen MR) is 115 cm³/mol. The minimum absolute atomic E-state index is 0.262. The number of hydrogen-bond acceptors (Lipinski definition) is 2. The number of nitrogens with zero attached hydrogens (tertiary/aromatic N) is 1. The normalized spacial score (nSPS) is 13.0. The Labute approximate surface area is 169 Å². The van der Waals surface area contributed by atoms with Crippen molar-refractivity contribution in [3.8, 4) is 0 Å². The lowest BCUT2D eigenvalue weighted by atomic mass is 10.0. The van der Waals surface area contributed by atoms with Gasteiger partial charge in [0, 0.05) is 13.5 Å². The van der Waals surface area contributed by atoms with Gasteiger partial charge in [-0.25, -0.2) is 0 Å². The molecule has 0 aromatic heterocycles. The lowest BCUT2D eigenvalue weighted by molar-refractivity contribution is -0.893. The second-order valence-electron chi connectivity index (χ2n) is 8.87. The van der Waals surface area contributed by atoms with E-state index in [1.165, 1.54) is 77.0 Å². The summed E-state index contributed by atoms with van der Waals surface area (Å²) in [5.74, 6) is -0.699. The lowest BCUT2D eigenvalue weighted by Gasteiger charge is -2.33. The summed E-state index contributed by atoms with van der Waals surface area (Å²) in [4.78, 5) is 10.7. The van der Waals surface area contributed by atoms with Gasteiger partial charge in [0.05, 0.1) is 27.1 Å². The summed E-state index contributed by atoms with van der Waals surface area (Å²) in [6, 6.07) is 0. The van der Waals surface area contributed by atoms with Crippen LogP contribution in [0.1, 0.15) is 103 Å². The van der Waals surface area contributed by atoms with Crippen LogP contribution in [0, 0.1) is 0 Å². The number of methoxy groups -OCH3 is 1. The highest BCUT2D eigenvalue weighted by Crippen LogP contribution is 2.15. The second kappa shape index (κ2) is 17.5. The highest BCUT2D eigenvalue weighted by molar-refractivity contribution is 5.66. The standard InChI is InChI=1S/C23H47NO3/c1-5-6-7-8-9-10-11-12-13-14-15-16-18-22(27-4)21-24(2,3)20-17-19-23(25)26/h22H,5-21H2,1-4H3/p+1. The van der Waals surface area contributed by atoms with E-state index in [1.807, 2.05) is 7.11 Å². The van der Waals surface area contributed by atoms with Crippen LogP contribution in [0.3, 0.4) is 0 Å². The first-order chi connectivity index (χ1) is 12.9. The average molecular weight is 387 g/mol. The summed E-state index contributed by atoms with van der Waals surface area (Å²) in [5.41, 5.74) is 0.